The molecule has 0 spiro atoms. The monoisotopic (exact) mass is 214 g/mol. The highest BCUT2D eigenvalue weighted by atomic mass is 16.5. The maximum absolute atomic E-state index is 6.11. The maximum Gasteiger partial charge on any atom is 0.0659 e. The van der Waals surface area contributed by atoms with E-state index >= 15 is 0 Å². The van der Waals surface area contributed by atoms with Crippen LogP contribution in [0.2, 0.25) is 0 Å². The van der Waals surface area contributed by atoms with Crippen molar-refractivity contribution in [3.05, 3.63) is 0 Å². The second kappa shape index (κ2) is 6.52. The summed E-state index contributed by atoms with van der Waals surface area (Å²) in [6.45, 7) is 16.7. The van der Waals surface area contributed by atoms with Gasteiger partial charge in [-0.3, -0.25) is 0 Å². The first-order chi connectivity index (χ1) is 6.75. The van der Waals surface area contributed by atoms with Crippen LogP contribution in [0.3, 0.4) is 0 Å². The highest BCUT2D eigenvalue weighted by Crippen LogP contribution is 2.28. The number of rotatable bonds is 7. The van der Waals surface area contributed by atoms with E-state index in [1.807, 2.05) is 0 Å². The molecule has 0 aliphatic rings. The predicted molar refractivity (Wildman–Crippen MR) is 68.1 cm³/mol. The summed E-state index contributed by atoms with van der Waals surface area (Å²) in [5.41, 5.74) is 0.0760. The van der Waals surface area contributed by atoms with Gasteiger partial charge in [-0.1, -0.05) is 41.5 Å². The van der Waals surface area contributed by atoms with Crippen LogP contribution in [0.4, 0.5) is 0 Å². The third kappa shape index (κ3) is 7.84. The van der Waals surface area contributed by atoms with Gasteiger partial charge in [-0.2, -0.15) is 0 Å². The van der Waals surface area contributed by atoms with Crippen molar-refractivity contribution >= 4 is 0 Å². The third-order valence-corrected chi connectivity index (χ3v) is 2.45. The topological polar surface area (TPSA) is 9.23 Å². The van der Waals surface area contributed by atoms with Crippen molar-refractivity contribution in [2.75, 3.05) is 6.61 Å². The highest BCUT2D eigenvalue weighted by Gasteiger charge is 2.27. The van der Waals surface area contributed by atoms with E-state index in [0.717, 1.165) is 19.4 Å². The van der Waals surface area contributed by atoms with E-state index < -0.39 is 0 Å². The van der Waals surface area contributed by atoms with Crippen LogP contribution in [0.1, 0.15) is 61.3 Å². The van der Waals surface area contributed by atoms with Crippen molar-refractivity contribution in [1.82, 2.24) is 0 Å². The molecule has 0 aromatic rings. The van der Waals surface area contributed by atoms with Gasteiger partial charge >= 0.3 is 0 Å². The van der Waals surface area contributed by atoms with Crippen LogP contribution in [-0.2, 0) is 4.74 Å². The second-order valence-electron chi connectivity index (χ2n) is 6.35. The summed E-state index contributed by atoms with van der Waals surface area (Å²) in [5, 5.41) is 0. The van der Waals surface area contributed by atoms with Crippen molar-refractivity contribution in [1.29, 1.82) is 0 Å². The second-order valence-corrected chi connectivity index (χ2v) is 6.35. The molecule has 0 saturated heterocycles. The first-order valence-electron chi connectivity index (χ1n) is 6.39. The summed E-state index contributed by atoms with van der Waals surface area (Å²) < 4.78 is 6.11. The summed E-state index contributed by atoms with van der Waals surface area (Å²) >= 11 is 0. The van der Waals surface area contributed by atoms with Gasteiger partial charge in [-0.25, -0.2) is 0 Å². The van der Waals surface area contributed by atoms with E-state index in [0.29, 0.717) is 17.8 Å². The van der Waals surface area contributed by atoms with Gasteiger partial charge in [-0.15, -0.1) is 0 Å². The lowest BCUT2D eigenvalue weighted by molar-refractivity contribution is -0.0689. The Morgan fingerprint density at radius 1 is 0.800 bits per heavy atom. The largest absolute Gasteiger partial charge is 0.375 e. The molecule has 1 nitrogen and oxygen atoms in total. The van der Waals surface area contributed by atoms with Gasteiger partial charge in [0.05, 0.1) is 5.60 Å². The fraction of sp³-hybridized carbons (Fsp3) is 1.00. The standard InChI is InChI=1S/C14H30O/c1-11(2)8-14(7,9-12(3)4)15-10-13(5)6/h11-13H,8-10H2,1-7H3. The van der Waals surface area contributed by atoms with Gasteiger partial charge < -0.3 is 4.74 Å². The molecular formula is C14H30O. The lowest BCUT2D eigenvalue weighted by atomic mass is 9.86. The Morgan fingerprint density at radius 3 is 1.47 bits per heavy atom. The summed E-state index contributed by atoms with van der Waals surface area (Å²) in [5.74, 6) is 2.05. The van der Waals surface area contributed by atoms with Crippen LogP contribution < -0.4 is 0 Å². The lowest BCUT2D eigenvalue weighted by Gasteiger charge is -2.34. The van der Waals surface area contributed by atoms with Gasteiger partial charge in [0.1, 0.15) is 0 Å². The highest BCUT2D eigenvalue weighted by molar-refractivity contribution is 4.78. The predicted octanol–water partition coefficient (Wildman–Crippen LogP) is 4.51. The minimum Gasteiger partial charge on any atom is -0.375 e. The molecule has 0 aromatic carbocycles. The molecule has 0 fully saturated rings. The average Bonchev–Trinajstić information content (AvgIpc) is 1.97. The Morgan fingerprint density at radius 2 is 1.20 bits per heavy atom. The van der Waals surface area contributed by atoms with Crippen molar-refractivity contribution < 1.29 is 4.74 Å². The molecule has 92 valence electrons. The normalized spacial score (nSPS) is 13.2. The Bertz CT molecular complexity index is 149. The zero-order chi connectivity index (χ0) is 12.1. The Kier molecular flexibility index (Phi) is 6.51. The Labute approximate surface area is 96.6 Å². The molecule has 0 amide bonds. The van der Waals surface area contributed by atoms with Crippen LogP contribution in [0, 0.1) is 17.8 Å². The molecule has 0 bridgehead atoms. The molecule has 0 saturated carbocycles. The summed E-state index contributed by atoms with van der Waals surface area (Å²) in [7, 11) is 0. The molecule has 0 aliphatic heterocycles. The van der Waals surface area contributed by atoms with E-state index in [1.54, 1.807) is 0 Å². The summed E-state index contributed by atoms with van der Waals surface area (Å²) in [6, 6.07) is 0. The zero-order valence-electron chi connectivity index (χ0n) is 11.8. The van der Waals surface area contributed by atoms with Gasteiger partial charge in [0.25, 0.3) is 0 Å². The third-order valence-electron chi connectivity index (χ3n) is 2.45. The van der Waals surface area contributed by atoms with E-state index in [2.05, 4.69) is 48.5 Å². The fourth-order valence-electron chi connectivity index (χ4n) is 2.30. The van der Waals surface area contributed by atoms with Crippen LogP contribution >= 0.6 is 0 Å². The zero-order valence-corrected chi connectivity index (χ0v) is 11.8. The van der Waals surface area contributed by atoms with Crippen LogP contribution in [0.15, 0.2) is 0 Å². The minimum absolute atomic E-state index is 0.0760. The number of hydrogen-bond acceptors (Lipinski definition) is 1. The smallest absolute Gasteiger partial charge is 0.0659 e. The molecular weight excluding hydrogens is 184 g/mol. The van der Waals surface area contributed by atoms with Crippen LogP contribution in [0.5, 0.6) is 0 Å². The summed E-state index contributed by atoms with van der Waals surface area (Å²) in [4.78, 5) is 0. The van der Waals surface area contributed by atoms with Gasteiger partial charge in [0.15, 0.2) is 0 Å². The number of hydrogen-bond donors (Lipinski definition) is 0. The molecule has 0 atom stereocenters. The molecule has 15 heavy (non-hydrogen) atoms. The van der Waals surface area contributed by atoms with Crippen LogP contribution in [0.25, 0.3) is 0 Å². The molecule has 0 heterocycles. The van der Waals surface area contributed by atoms with Crippen LogP contribution in [-0.4, -0.2) is 12.2 Å². The molecule has 0 aromatic heterocycles. The fourth-order valence-corrected chi connectivity index (χ4v) is 2.30. The first-order valence-corrected chi connectivity index (χ1v) is 6.39. The molecule has 0 N–H and O–H groups in total. The van der Waals surface area contributed by atoms with Gasteiger partial charge in [0, 0.05) is 6.61 Å². The molecule has 0 aliphatic carbocycles. The molecule has 0 unspecified atom stereocenters. The Hall–Kier alpha value is -0.0400. The van der Waals surface area contributed by atoms with E-state index in [-0.39, 0.29) is 5.60 Å². The summed E-state index contributed by atoms with van der Waals surface area (Å²) in [6.07, 6.45) is 2.33. The number of ether oxygens (including phenoxy) is 1. The molecule has 0 rings (SSSR count). The van der Waals surface area contributed by atoms with Gasteiger partial charge in [0.2, 0.25) is 0 Å². The van der Waals surface area contributed by atoms with E-state index in [1.165, 1.54) is 0 Å². The average molecular weight is 214 g/mol. The SMILES string of the molecule is CC(C)COC(C)(CC(C)C)CC(C)C. The quantitative estimate of drug-likeness (QED) is 0.606. The minimum atomic E-state index is 0.0760. The molecule has 0 radical (unpaired) electrons. The molecule has 1 heteroatoms. The maximum atomic E-state index is 6.11. The van der Waals surface area contributed by atoms with E-state index in [9.17, 15) is 0 Å². The van der Waals surface area contributed by atoms with Crippen molar-refractivity contribution in [3.63, 3.8) is 0 Å². The van der Waals surface area contributed by atoms with Crippen molar-refractivity contribution in [2.45, 2.75) is 66.9 Å². The lowest BCUT2D eigenvalue weighted by Crippen LogP contribution is -2.33. The van der Waals surface area contributed by atoms with E-state index in [4.69, 9.17) is 4.74 Å². The van der Waals surface area contributed by atoms with Crippen molar-refractivity contribution in [2.24, 2.45) is 17.8 Å². The van der Waals surface area contributed by atoms with Gasteiger partial charge in [-0.05, 0) is 37.5 Å². The first kappa shape index (κ1) is 15.0. The van der Waals surface area contributed by atoms with Crippen molar-refractivity contribution in [3.8, 4) is 0 Å². The Balaban J connectivity index is 4.26.